The van der Waals surface area contributed by atoms with Gasteiger partial charge in [-0.25, -0.2) is 0 Å². The molecule has 1 aliphatic heterocycles. The molecule has 2 rings (SSSR count). The maximum Gasteiger partial charge on any atom is 0.191 e. The van der Waals surface area contributed by atoms with Crippen LogP contribution in [0.4, 0.5) is 5.69 Å². The molecule has 2 N–H and O–H groups in total. The van der Waals surface area contributed by atoms with Crippen molar-refractivity contribution in [2.75, 3.05) is 25.0 Å². The summed E-state index contributed by atoms with van der Waals surface area (Å²) in [6.45, 7) is 7.52. The molecule has 0 unspecified atom stereocenters. The van der Waals surface area contributed by atoms with Crippen LogP contribution < -0.4 is 10.7 Å². The molecular formula is C16H23ClN4S. The van der Waals surface area contributed by atoms with E-state index in [0.29, 0.717) is 5.11 Å². The maximum absolute atomic E-state index is 6.10. The van der Waals surface area contributed by atoms with E-state index in [-0.39, 0.29) is 0 Å². The van der Waals surface area contributed by atoms with E-state index in [1.165, 1.54) is 18.7 Å². The van der Waals surface area contributed by atoms with Crippen LogP contribution in [0.15, 0.2) is 23.3 Å². The van der Waals surface area contributed by atoms with Gasteiger partial charge in [0.2, 0.25) is 0 Å². The van der Waals surface area contributed by atoms with Crippen LogP contribution >= 0.6 is 23.8 Å². The van der Waals surface area contributed by atoms with E-state index >= 15 is 0 Å². The highest BCUT2D eigenvalue weighted by molar-refractivity contribution is 7.80. The zero-order valence-electron chi connectivity index (χ0n) is 13.2. The standard InChI is InChI=1S/C16H23ClN4S/c1-3-9-21-10-7-13(8-11-21)19-20-16(22)18-15-6-4-5-14(17)12(15)2/h4-6H,3,7-11H2,1-2H3,(H2,18,20,22). The first-order valence-corrected chi connectivity index (χ1v) is 8.48. The Labute approximate surface area is 142 Å². The van der Waals surface area contributed by atoms with E-state index in [4.69, 9.17) is 23.8 Å². The van der Waals surface area contributed by atoms with Crippen molar-refractivity contribution in [3.05, 3.63) is 28.8 Å². The number of thiocarbonyl (C=S) groups is 1. The highest BCUT2D eigenvalue weighted by Crippen LogP contribution is 2.22. The quantitative estimate of drug-likeness (QED) is 0.647. The van der Waals surface area contributed by atoms with Crippen molar-refractivity contribution in [3.8, 4) is 0 Å². The summed E-state index contributed by atoms with van der Waals surface area (Å²) in [5.74, 6) is 0. The summed E-state index contributed by atoms with van der Waals surface area (Å²) >= 11 is 11.4. The Morgan fingerprint density at radius 1 is 1.36 bits per heavy atom. The second kappa shape index (κ2) is 8.46. The first kappa shape index (κ1) is 17.2. The Balaban J connectivity index is 1.83. The molecule has 120 valence electrons. The first-order valence-electron chi connectivity index (χ1n) is 7.70. The second-order valence-corrected chi connectivity index (χ2v) is 6.31. The van der Waals surface area contributed by atoms with Crippen molar-refractivity contribution in [2.24, 2.45) is 5.10 Å². The highest BCUT2D eigenvalue weighted by atomic mass is 35.5. The number of nitrogens with zero attached hydrogens (tertiary/aromatic N) is 2. The van der Waals surface area contributed by atoms with Gasteiger partial charge in [-0.3, -0.25) is 5.43 Å². The minimum absolute atomic E-state index is 0.494. The van der Waals surface area contributed by atoms with Gasteiger partial charge in [-0.15, -0.1) is 0 Å². The van der Waals surface area contributed by atoms with Gasteiger partial charge in [0.15, 0.2) is 5.11 Å². The summed E-state index contributed by atoms with van der Waals surface area (Å²) in [6, 6.07) is 5.71. The van der Waals surface area contributed by atoms with E-state index in [1.807, 2.05) is 25.1 Å². The van der Waals surface area contributed by atoms with Gasteiger partial charge >= 0.3 is 0 Å². The molecule has 1 aromatic carbocycles. The SMILES string of the molecule is CCCN1CCC(=NNC(=S)Nc2cccc(Cl)c2C)CC1. The fourth-order valence-electron chi connectivity index (χ4n) is 2.49. The Hall–Kier alpha value is -1.17. The van der Waals surface area contributed by atoms with Crippen LogP contribution in [0.3, 0.4) is 0 Å². The lowest BCUT2D eigenvalue weighted by atomic mass is 10.1. The molecule has 0 amide bonds. The molecule has 0 aliphatic carbocycles. The molecule has 1 aliphatic rings. The van der Waals surface area contributed by atoms with Crippen molar-refractivity contribution in [1.29, 1.82) is 0 Å². The summed E-state index contributed by atoms with van der Waals surface area (Å²) in [5.41, 5.74) is 6.01. The van der Waals surface area contributed by atoms with Gasteiger partial charge in [0.05, 0.1) is 0 Å². The summed E-state index contributed by atoms with van der Waals surface area (Å²) in [6.07, 6.45) is 3.22. The molecule has 4 nitrogen and oxygen atoms in total. The lowest BCUT2D eigenvalue weighted by Gasteiger charge is -2.26. The minimum atomic E-state index is 0.494. The molecule has 1 fully saturated rings. The summed E-state index contributed by atoms with van der Waals surface area (Å²) in [5, 5.41) is 8.79. The number of rotatable bonds is 4. The lowest BCUT2D eigenvalue weighted by Crippen LogP contribution is -2.35. The van der Waals surface area contributed by atoms with Crippen LogP contribution in [0.1, 0.15) is 31.7 Å². The third-order valence-corrected chi connectivity index (χ3v) is 4.41. The predicted octanol–water partition coefficient (Wildman–Crippen LogP) is 3.80. The molecule has 0 bridgehead atoms. The van der Waals surface area contributed by atoms with Gasteiger partial charge in [0.1, 0.15) is 0 Å². The smallest absolute Gasteiger partial charge is 0.191 e. The summed E-state index contributed by atoms with van der Waals surface area (Å²) in [4.78, 5) is 2.48. The number of hydrogen-bond acceptors (Lipinski definition) is 3. The highest BCUT2D eigenvalue weighted by Gasteiger charge is 2.14. The fraction of sp³-hybridized carbons (Fsp3) is 0.500. The normalized spacial score (nSPS) is 15.5. The largest absolute Gasteiger partial charge is 0.331 e. The number of nitrogens with one attached hydrogen (secondary N) is 2. The Morgan fingerprint density at radius 3 is 2.77 bits per heavy atom. The number of hydrazone groups is 1. The first-order chi connectivity index (χ1) is 10.6. The van der Waals surface area contributed by atoms with Crippen molar-refractivity contribution >= 4 is 40.3 Å². The third-order valence-electron chi connectivity index (χ3n) is 3.80. The molecule has 0 aromatic heterocycles. The molecule has 1 heterocycles. The van der Waals surface area contributed by atoms with Crippen molar-refractivity contribution < 1.29 is 0 Å². The van der Waals surface area contributed by atoms with Crippen LogP contribution in [0.2, 0.25) is 5.02 Å². The molecule has 1 aromatic rings. The molecule has 0 radical (unpaired) electrons. The molecule has 22 heavy (non-hydrogen) atoms. The zero-order valence-corrected chi connectivity index (χ0v) is 14.7. The Bertz CT molecular complexity index is 549. The van der Waals surface area contributed by atoms with E-state index < -0.39 is 0 Å². The molecule has 1 saturated heterocycles. The average molecular weight is 339 g/mol. The monoisotopic (exact) mass is 338 g/mol. The van der Waals surface area contributed by atoms with E-state index in [1.54, 1.807) is 0 Å². The van der Waals surface area contributed by atoms with Gasteiger partial charge in [-0.1, -0.05) is 24.6 Å². The van der Waals surface area contributed by atoms with E-state index in [2.05, 4.69) is 27.7 Å². The van der Waals surface area contributed by atoms with Crippen molar-refractivity contribution in [1.82, 2.24) is 10.3 Å². The van der Waals surface area contributed by atoms with Gasteiger partial charge < -0.3 is 10.2 Å². The molecule has 0 spiro atoms. The fourth-order valence-corrected chi connectivity index (χ4v) is 2.82. The number of piperidine rings is 1. The molecule has 0 saturated carbocycles. The molecule has 6 heteroatoms. The maximum atomic E-state index is 6.10. The van der Waals surface area contributed by atoms with Gasteiger partial charge in [0.25, 0.3) is 0 Å². The van der Waals surface area contributed by atoms with Crippen LogP contribution in [-0.4, -0.2) is 35.4 Å². The topological polar surface area (TPSA) is 39.7 Å². The van der Waals surface area contributed by atoms with Gasteiger partial charge in [0, 0.05) is 42.4 Å². The lowest BCUT2D eigenvalue weighted by molar-refractivity contribution is 0.275. The number of halogens is 1. The molecule has 0 atom stereocenters. The van der Waals surface area contributed by atoms with Crippen LogP contribution in [0, 0.1) is 6.92 Å². The van der Waals surface area contributed by atoms with Crippen LogP contribution in [0.25, 0.3) is 0 Å². The van der Waals surface area contributed by atoms with Crippen molar-refractivity contribution in [2.45, 2.75) is 33.1 Å². The number of hydrogen-bond donors (Lipinski definition) is 2. The van der Waals surface area contributed by atoms with Gasteiger partial charge in [-0.2, -0.15) is 5.10 Å². The Kier molecular flexibility index (Phi) is 6.61. The third kappa shape index (κ3) is 4.93. The minimum Gasteiger partial charge on any atom is -0.331 e. The van der Waals surface area contributed by atoms with E-state index in [0.717, 1.165) is 42.2 Å². The van der Waals surface area contributed by atoms with Gasteiger partial charge in [-0.05, 0) is 49.8 Å². The number of benzene rings is 1. The van der Waals surface area contributed by atoms with Crippen LogP contribution in [0.5, 0.6) is 0 Å². The predicted molar refractivity (Wildman–Crippen MR) is 98.9 cm³/mol. The van der Waals surface area contributed by atoms with E-state index in [9.17, 15) is 0 Å². The summed E-state index contributed by atoms with van der Waals surface area (Å²) in [7, 11) is 0. The number of anilines is 1. The van der Waals surface area contributed by atoms with Crippen molar-refractivity contribution in [3.63, 3.8) is 0 Å². The second-order valence-electron chi connectivity index (χ2n) is 5.50. The molecular weight excluding hydrogens is 316 g/mol. The zero-order chi connectivity index (χ0) is 15.9. The average Bonchev–Trinajstić information content (AvgIpc) is 2.51. The number of likely N-dealkylation sites (tertiary alicyclic amines) is 1. The van der Waals surface area contributed by atoms with Crippen LogP contribution in [-0.2, 0) is 0 Å². The summed E-state index contributed by atoms with van der Waals surface area (Å²) < 4.78 is 0. The Morgan fingerprint density at radius 2 is 2.09 bits per heavy atom.